The Morgan fingerprint density at radius 3 is 2.57 bits per heavy atom. The van der Waals surface area contributed by atoms with E-state index in [-0.39, 0.29) is 41.8 Å². The molecule has 2 atom stereocenters. The van der Waals surface area contributed by atoms with Gasteiger partial charge in [-0.3, -0.25) is 9.59 Å². The number of halogens is 2. The Kier molecular flexibility index (Phi) is 5.55. The van der Waals surface area contributed by atoms with Crippen molar-refractivity contribution >= 4 is 11.8 Å². The van der Waals surface area contributed by atoms with Gasteiger partial charge in [0.05, 0.1) is 12.5 Å². The number of likely N-dealkylation sites (tertiary alicyclic amines) is 1. The summed E-state index contributed by atoms with van der Waals surface area (Å²) in [6.07, 6.45) is 1.77. The van der Waals surface area contributed by atoms with E-state index in [9.17, 15) is 18.4 Å². The SMILES string of the molecule is CC(=O)N1C[C@H](N)CC[C@H](C(=O)N2CCc3oc(-c4cc(F)cc(F)c4)nc3C2)C1. The zero-order valence-corrected chi connectivity index (χ0v) is 16.7. The lowest BCUT2D eigenvalue weighted by atomic mass is 9.99. The van der Waals surface area contributed by atoms with E-state index in [1.807, 2.05) is 0 Å². The third kappa shape index (κ3) is 4.21. The van der Waals surface area contributed by atoms with E-state index in [1.54, 1.807) is 9.80 Å². The van der Waals surface area contributed by atoms with Crippen molar-refractivity contribution in [2.24, 2.45) is 11.7 Å². The molecule has 1 aromatic carbocycles. The van der Waals surface area contributed by atoms with Gasteiger partial charge in [-0.05, 0) is 25.0 Å². The van der Waals surface area contributed by atoms with E-state index in [0.717, 1.165) is 18.2 Å². The molecule has 2 N–H and O–H groups in total. The molecule has 0 radical (unpaired) electrons. The lowest BCUT2D eigenvalue weighted by molar-refractivity contribution is -0.138. The molecule has 0 bridgehead atoms. The number of aromatic nitrogens is 1. The van der Waals surface area contributed by atoms with Crippen LogP contribution in [-0.4, -0.2) is 52.3 Å². The Hall–Kier alpha value is -2.81. The Morgan fingerprint density at radius 2 is 1.87 bits per heavy atom. The number of nitrogens with two attached hydrogens (primary N) is 1. The smallest absolute Gasteiger partial charge is 0.227 e. The minimum Gasteiger partial charge on any atom is -0.441 e. The maximum atomic E-state index is 13.5. The molecular formula is C21H24F2N4O3. The van der Waals surface area contributed by atoms with Crippen molar-refractivity contribution in [1.82, 2.24) is 14.8 Å². The number of fused-ring (bicyclic) bond motifs is 1. The summed E-state index contributed by atoms with van der Waals surface area (Å²) >= 11 is 0. The van der Waals surface area contributed by atoms with E-state index >= 15 is 0 Å². The molecule has 1 aromatic heterocycles. The largest absolute Gasteiger partial charge is 0.441 e. The number of oxazole rings is 1. The topological polar surface area (TPSA) is 92.7 Å². The van der Waals surface area contributed by atoms with E-state index in [2.05, 4.69) is 4.98 Å². The molecule has 0 aliphatic carbocycles. The Labute approximate surface area is 172 Å². The van der Waals surface area contributed by atoms with Crippen LogP contribution in [0.1, 0.15) is 31.2 Å². The first-order chi connectivity index (χ1) is 14.3. The molecule has 7 nitrogen and oxygen atoms in total. The summed E-state index contributed by atoms with van der Waals surface area (Å²) in [6, 6.07) is 2.97. The summed E-state index contributed by atoms with van der Waals surface area (Å²) < 4.78 is 32.7. The average molecular weight is 418 g/mol. The molecule has 0 unspecified atom stereocenters. The summed E-state index contributed by atoms with van der Waals surface area (Å²) in [5.74, 6) is -1.11. The highest BCUT2D eigenvalue weighted by Crippen LogP contribution is 2.29. The first kappa shape index (κ1) is 20.5. The number of amides is 2. The van der Waals surface area contributed by atoms with E-state index in [4.69, 9.17) is 10.2 Å². The van der Waals surface area contributed by atoms with Crippen molar-refractivity contribution in [2.45, 2.75) is 38.8 Å². The minimum atomic E-state index is -0.709. The highest BCUT2D eigenvalue weighted by Gasteiger charge is 2.33. The van der Waals surface area contributed by atoms with Gasteiger partial charge in [0.15, 0.2) is 0 Å². The predicted molar refractivity (Wildman–Crippen MR) is 104 cm³/mol. The highest BCUT2D eigenvalue weighted by molar-refractivity contribution is 5.81. The molecule has 2 amide bonds. The summed E-state index contributed by atoms with van der Waals surface area (Å²) in [5, 5.41) is 0. The average Bonchev–Trinajstić information content (AvgIpc) is 3.02. The van der Waals surface area contributed by atoms with Crippen LogP contribution in [0.15, 0.2) is 22.6 Å². The normalized spacial score (nSPS) is 21.9. The zero-order chi connectivity index (χ0) is 21.4. The molecule has 1 saturated heterocycles. The minimum absolute atomic E-state index is 0.0395. The first-order valence-corrected chi connectivity index (χ1v) is 10.0. The standard InChI is InChI=1S/C21H24F2N4O3/c1-12(28)27-9-13(2-3-17(24)10-27)21(29)26-5-4-19-18(11-26)25-20(30-19)14-6-15(22)8-16(23)7-14/h6-8,13,17H,2-5,9-11,24H2,1H3/t13-,17+/m0/s1. The third-order valence-corrected chi connectivity index (χ3v) is 5.72. The van der Waals surface area contributed by atoms with Crippen molar-refractivity contribution in [2.75, 3.05) is 19.6 Å². The van der Waals surface area contributed by atoms with Crippen LogP contribution >= 0.6 is 0 Å². The summed E-state index contributed by atoms with van der Waals surface area (Å²) in [6.45, 7) is 3.02. The summed E-state index contributed by atoms with van der Waals surface area (Å²) in [5.41, 5.74) is 6.86. The predicted octanol–water partition coefficient (Wildman–Crippen LogP) is 2.09. The van der Waals surface area contributed by atoms with Gasteiger partial charge in [0, 0.05) is 50.7 Å². The first-order valence-electron chi connectivity index (χ1n) is 10.0. The van der Waals surface area contributed by atoms with Gasteiger partial charge in [0.25, 0.3) is 0 Å². The van der Waals surface area contributed by atoms with Gasteiger partial charge < -0.3 is 20.0 Å². The fraction of sp³-hybridized carbons (Fsp3) is 0.476. The van der Waals surface area contributed by atoms with E-state index in [0.29, 0.717) is 50.4 Å². The van der Waals surface area contributed by atoms with Crippen LogP contribution in [0, 0.1) is 17.6 Å². The molecule has 0 spiro atoms. The second-order valence-corrected chi connectivity index (χ2v) is 8.02. The van der Waals surface area contributed by atoms with E-state index < -0.39 is 11.6 Å². The fourth-order valence-electron chi connectivity index (χ4n) is 4.13. The number of benzene rings is 1. The molecule has 2 aliphatic rings. The van der Waals surface area contributed by atoms with Gasteiger partial charge >= 0.3 is 0 Å². The van der Waals surface area contributed by atoms with Gasteiger partial charge in [0.2, 0.25) is 17.7 Å². The van der Waals surface area contributed by atoms with Crippen LogP contribution < -0.4 is 5.73 Å². The molecule has 30 heavy (non-hydrogen) atoms. The maximum Gasteiger partial charge on any atom is 0.227 e. The third-order valence-electron chi connectivity index (χ3n) is 5.72. The van der Waals surface area contributed by atoms with Gasteiger partial charge in [-0.15, -0.1) is 0 Å². The molecule has 9 heteroatoms. The molecule has 1 fully saturated rings. The Bertz CT molecular complexity index is 957. The molecule has 160 valence electrons. The van der Waals surface area contributed by atoms with Gasteiger partial charge in [-0.2, -0.15) is 0 Å². The summed E-state index contributed by atoms with van der Waals surface area (Å²) in [7, 11) is 0. The van der Waals surface area contributed by atoms with Crippen LogP contribution in [-0.2, 0) is 22.6 Å². The van der Waals surface area contributed by atoms with Crippen LogP contribution in [0.3, 0.4) is 0 Å². The number of hydrogen-bond acceptors (Lipinski definition) is 5. The summed E-state index contributed by atoms with van der Waals surface area (Å²) in [4.78, 5) is 32.7. The van der Waals surface area contributed by atoms with Crippen molar-refractivity contribution in [3.8, 4) is 11.5 Å². The van der Waals surface area contributed by atoms with Crippen molar-refractivity contribution < 1.29 is 22.8 Å². The maximum absolute atomic E-state index is 13.5. The van der Waals surface area contributed by atoms with Crippen molar-refractivity contribution in [3.63, 3.8) is 0 Å². The van der Waals surface area contributed by atoms with Crippen LogP contribution in [0.2, 0.25) is 0 Å². The molecule has 2 aliphatic heterocycles. The number of carbonyl (C=O) groups is 2. The molecule has 0 saturated carbocycles. The van der Waals surface area contributed by atoms with Gasteiger partial charge in [-0.1, -0.05) is 0 Å². The van der Waals surface area contributed by atoms with Crippen molar-refractivity contribution in [1.29, 1.82) is 0 Å². The van der Waals surface area contributed by atoms with Crippen LogP contribution in [0.25, 0.3) is 11.5 Å². The quantitative estimate of drug-likeness (QED) is 0.806. The number of hydrogen-bond donors (Lipinski definition) is 1. The lowest BCUT2D eigenvalue weighted by Crippen LogP contribution is -2.44. The van der Waals surface area contributed by atoms with Crippen LogP contribution in [0.4, 0.5) is 8.78 Å². The van der Waals surface area contributed by atoms with Crippen molar-refractivity contribution in [3.05, 3.63) is 41.3 Å². The number of nitrogens with zero attached hydrogens (tertiary/aromatic N) is 3. The zero-order valence-electron chi connectivity index (χ0n) is 16.7. The second kappa shape index (κ2) is 8.14. The van der Waals surface area contributed by atoms with Gasteiger partial charge in [0.1, 0.15) is 23.1 Å². The number of rotatable bonds is 2. The number of carbonyl (C=O) groups excluding carboxylic acids is 2. The molecule has 2 aromatic rings. The van der Waals surface area contributed by atoms with E-state index in [1.165, 1.54) is 6.92 Å². The molecule has 4 rings (SSSR count). The Balaban J connectivity index is 1.50. The van der Waals surface area contributed by atoms with Crippen LogP contribution in [0.5, 0.6) is 0 Å². The second-order valence-electron chi connectivity index (χ2n) is 8.02. The Morgan fingerprint density at radius 1 is 1.13 bits per heavy atom. The highest BCUT2D eigenvalue weighted by atomic mass is 19.1. The monoisotopic (exact) mass is 418 g/mol. The molecule has 3 heterocycles. The molecular weight excluding hydrogens is 394 g/mol. The fourth-order valence-corrected chi connectivity index (χ4v) is 4.13. The van der Waals surface area contributed by atoms with Gasteiger partial charge in [-0.25, -0.2) is 13.8 Å². The lowest BCUT2D eigenvalue weighted by Gasteiger charge is -2.30.